The van der Waals surface area contributed by atoms with E-state index in [1.165, 1.54) is 0 Å². The van der Waals surface area contributed by atoms with Crippen molar-refractivity contribution in [3.8, 4) is 24.7 Å². The molecule has 0 saturated heterocycles. The van der Waals surface area contributed by atoms with Gasteiger partial charge in [-0.3, -0.25) is 9.59 Å². The fourth-order valence-corrected chi connectivity index (χ4v) is 1.66. The van der Waals surface area contributed by atoms with E-state index in [0.717, 1.165) is 0 Å². The SMILES string of the molecule is C#CCC(C)(C)C(=O)OCC(C)(CO)COC(=O)C(C)(C)CC#C. The molecule has 0 radical (unpaired) electrons. The molecular formula is C19H28O5. The lowest BCUT2D eigenvalue weighted by Crippen LogP contribution is -2.39. The van der Waals surface area contributed by atoms with Crippen molar-refractivity contribution < 1.29 is 24.2 Å². The number of terminal acetylenes is 2. The van der Waals surface area contributed by atoms with Gasteiger partial charge in [0.25, 0.3) is 0 Å². The minimum absolute atomic E-state index is 0.0841. The second kappa shape index (κ2) is 8.76. The first-order valence-corrected chi connectivity index (χ1v) is 7.76. The summed E-state index contributed by atoms with van der Waals surface area (Å²) < 4.78 is 10.5. The van der Waals surface area contributed by atoms with Crippen LogP contribution in [0, 0.1) is 40.9 Å². The van der Waals surface area contributed by atoms with Crippen molar-refractivity contribution >= 4 is 11.9 Å². The van der Waals surface area contributed by atoms with Crippen LogP contribution in [0.4, 0.5) is 0 Å². The molecule has 0 rings (SSSR count). The first-order valence-electron chi connectivity index (χ1n) is 7.76. The zero-order valence-corrected chi connectivity index (χ0v) is 15.3. The summed E-state index contributed by atoms with van der Waals surface area (Å²) in [7, 11) is 0. The Labute approximate surface area is 145 Å². The van der Waals surface area contributed by atoms with Gasteiger partial charge in [0.1, 0.15) is 13.2 Å². The van der Waals surface area contributed by atoms with Crippen molar-refractivity contribution in [3.63, 3.8) is 0 Å². The molecule has 0 aromatic carbocycles. The van der Waals surface area contributed by atoms with Crippen LogP contribution in [-0.2, 0) is 19.1 Å². The molecule has 0 amide bonds. The third-order valence-corrected chi connectivity index (χ3v) is 3.68. The highest BCUT2D eigenvalue weighted by Gasteiger charge is 2.35. The Bertz CT molecular complexity index is 487. The second-order valence-corrected chi connectivity index (χ2v) is 7.65. The van der Waals surface area contributed by atoms with E-state index in [1.807, 2.05) is 0 Å². The molecule has 0 aliphatic rings. The van der Waals surface area contributed by atoms with Crippen LogP contribution < -0.4 is 0 Å². The molecule has 0 bridgehead atoms. The number of aliphatic hydroxyl groups excluding tert-OH is 1. The second-order valence-electron chi connectivity index (χ2n) is 7.65. The molecule has 134 valence electrons. The van der Waals surface area contributed by atoms with Gasteiger partial charge in [0, 0.05) is 12.8 Å². The van der Waals surface area contributed by atoms with E-state index in [0.29, 0.717) is 0 Å². The fraction of sp³-hybridized carbons (Fsp3) is 0.684. The lowest BCUT2D eigenvalue weighted by atomic mass is 9.89. The van der Waals surface area contributed by atoms with E-state index >= 15 is 0 Å². The Balaban J connectivity index is 4.72. The van der Waals surface area contributed by atoms with Gasteiger partial charge in [-0.25, -0.2) is 0 Å². The highest BCUT2D eigenvalue weighted by atomic mass is 16.6. The molecule has 0 atom stereocenters. The third-order valence-electron chi connectivity index (χ3n) is 3.68. The Hall–Kier alpha value is -1.98. The zero-order chi connectivity index (χ0) is 19.0. The van der Waals surface area contributed by atoms with Gasteiger partial charge >= 0.3 is 11.9 Å². The fourth-order valence-electron chi connectivity index (χ4n) is 1.66. The zero-order valence-electron chi connectivity index (χ0n) is 15.3. The summed E-state index contributed by atoms with van der Waals surface area (Å²) in [6, 6.07) is 0. The minimum atomic E-state index is -0.899. The average Bonchev–Trinajstić information content (AvgIpc) is 2.50. The molecule has 0 aliphatic carbocycles. The van der Waals surface area contributed by atoms with Crippen LogP contribution in [0.5, 0.6) is 0 Å². The molecule has 0 unspecified atom stereocenters. The average molecular weight is 336 g/mol. The highest BCUT2D eigenvalue weighted by Crippen LogP contribution is 2.26. The Morgan fingerprint density at radius 2 is 1.21 bits per heavy atom. The maximum atomic E-state index is 12.1. The molecular weight excluding hydrogens is 308 g/mol. The molecule has 0 fully saturated rings. The lowest BCUT2D eigenvalue weighted by Gasteiger charge is -2.30. The Kier molecular flexibility index (Phi) is 8.03. The summed E-state index contributed by atoms with van der Waals surface area (Å²) in [5.41, 5.74) is -2.52. The normalized spacial score (nSPS) is 12.0. The number of hydrogen-bond acceptors (Lipinski definition) is 5. The standard InChI is InChI=1S/C19H28O5/c1-8-10-17(3,4)15(21)23-13-19(7,12-20)14-24-16(22)18(5,6)11-9-2/h1-2,20H,10-14H2,3-7H3. The maximum Gasteiger partial charge on any atom is 0.312 e. The topological polar surface area (TPSA) is 72.8 Å². The number of carbonyl (C=O) groups excluding carboxylic acids is 2. The highest BCUT2D eigenvalue weighted by molar-refractivity contribution is 5.77. The van der Waals surface area contributed by atoms with Crippen LogP contribution in [-0.4, -0.2) is 36.9 Å². The molecule has 0 aliphatic heterocycles. The molecule has 0 aromatic rings. The molecule has 0 saturated carbocycles. The molecule has 5 heteroatoms. The number of aliphatic hydroxyl groups is 1. The number of carbonyl (C=O) groups is 2. The molecule has 0 aromatic heterocycles. The van der Waals surface area contributed by atoms with Gasteiger partial charge in [0.05, 0.1) is 22.9 Å². The van der Waals surface area contributed by atoms with E-state index in [9.17, 15) is 14.7 Å². The summed E-state index contributed by atoms with van der Waals surface area (Å²) >= 11 is 0. The van der Waals surface area contributed by atoms with Crippen LogP contribution in [0.15, 0.2) is 0 Å². The van der Waals surface area contributed by atoms with Crippen molar-refractivity contribution in [3.05, 3.63) is 0 Å². The van der Waals surface area contributed by atoms with Crippen molar-refractivity contribution in [1.82, 2.24) is 0 Å². The minimum Gasteiger partial charge on any atom is -0.464 e. The number of ether oxygens (including phenoxy) is 2. The molecule has 0 spiro atoms. The van der Waals surface area contributed by atoms with E-state index in [-0.39, 0.29) is 32.7 Å². The van der Waals surface area contributed by atoms with Gasteiger partial charge in [-0.05, 0) is 27.7 Å². The first kappa shape index (κ1) is 22.0. The van der Waals surface area contributed by atoms with Crippen LogP contribution in [0.25, 0.3) is 0 Å². The van der Waals surface area contributed by atoms with Crippen molar-refractivity contribution in [2.75, 3.05) is 19.8 Å². The van der Waals surface area contributed by atoms with E-state index in [1.54, 1.807) is 34.6 Å². The predicted octanol–water partition coefficient (Wildman–Crippen LogP) is 2.17. The van der Waals surface area contributed by atoms with Gasteiger partial charge in [0.15, 0.2) is 0 Å². The van der Waals surface area contributed by atoms with Gasteiger partial charge in [-0.2, -0.15) is 0 Å². The predicted molar refractivity (Wildman–Crippen MR) is 91.6 cm³/mol. The summed E-state index contributed by atoms with van der Waals surface area (Å²) in [6.45, 7) is 7.94. The van der Waals surface area contributed by atoms with E-state index in [4.69, 9.17) is 22.3 Å². The van der Waals surface area contributed by atoms with Crippen molar-refractivity contribution in [2.45, 2.75) is 47.5 Å². The third kappa shape index (κ3) is 6.64. The van der Waals surface area contributed by atoms with Gasteiger partial charge in [-0.1, -0.05) is 6.92 Å². The van der Waals surface area contributed by atoms with Crippen molar-refractivity contribution in [1.29, 1.82) is 0 Å². The van der Waals surface area contributed by atoms with Crippen LogP contribution in [0.2, 0.25) is 0 Å². The summed E-state index contributed by atoms with van der Waals surface area (Å²) in [5, 5.41) is 9.58. The molecule has 5 nitrogen and oxygen atoms in total. The molecule has 24 heavy (non-hydrogen) atoms. The Morgan fingerprint density at radius 3 is 1.46 bits per heavy atom. The van der Waals surface area contributed by atoms with Crippen LogP contribution in [0.3, 0.4) is 0 Å². The van der Waals surface area contributed by atoms with Crippen LogP contribution >= 0.6 is 0 Å². The summed E-state index contributed by atoms with van der Waals surface area (Å²) in [4.78, 5) is 24.1. The Morgan fingerprint density at radius 1 is 0.875 bits per heavy atom. The van der Waals surface area contributed by atoms with Gasteiger partial charge in [-0.15, -0.1) is 24.7 Å². The summed E-state index contributed by atoms with van der Waals surface area (Å²) in [5.74, 6) is 3.95. The maximum absolute atomic E-state index is 12.1. The van der Waals surface area contributed by atoms with Gasteiger partial charge in [0.2, 0.25) is 0 Å². The van der Waals surface area contributed by atoms with E-state index < -0.39 is 28.2 Å². The summed E-state index contributed by atoms with van der Waals surface area (Å²) in [6.07, 6.45) is 11.0. The molecule has 1 N–H and O–H groups in total. The van der Waals surface area contributed by atoms with Crippen LogP contribution in [0.1, 0.15) is 47.5 Å². The number of rotatable bonds is 9. The van der Waals surface area contributed by atoms with Crippen molar-refractivity contribution in [2.24, 2.45) is 16.2 Å². The smallest absolute Gasteiger partial charge is 0.312 e. The molecule has 0 heterocycles. The monoisotopic (exact) mass is 336 g/mol. The largest absolute Gasteiger partial charge is 0.464 e. The van der Waals surface area contributed by atoms with Gasteiger partial charge < -0.3 is 14.6 Å². The number of hydrogen-bond donors (Lipinski definition) is 1. The first-order chi connectivity index (χ1) is 10.9. The lowest BCUT2D eigenvalue weighted by molar-refractivity contribution is -0.165. The van der Waals surface area contributed by atoms with E-state index in [2.05, 4.69) is 11.8 Å². The number of esters is 2. The quantitative estimate of drug-likeness (QED) is 0.516.